The van der Waals surface area contributed by atoms with E-state index < -0.39 is 18.1 Å². The Morgan fingerprint density at radius 1 is 0.800 bits per heavy atom. The summed E-state index contributed by atoms with van der Waals surface area (Å²) in [7, 11) is -8.67. The summed E-state index contributed by atoms with van der Waals surface area (Å²) in [4.78, 5) is 0. The van der Waals surface area contributed by atoms with Crippen LogP contribution in [-0.2, 0) is 40.5 Å². The molecular formula is O6S4-4. The molecule has 0 unspecified atom stereocenters. The summed E-state index contributed by atoms with van der Waals surface area (Å²) < 4.78 is 53.3. The normalized spacial score (nSPS) is 11.6. The van der Waals surface area contributed by atoms with Gasteiger partial charge in [0.15, 0.2) is 0 Å². The Morgan fingerprint density at radius 3 is 0.800 bits per heavy atom. The monoisotopic (exact) mass is 224 g/mol. The van der Waals surface area contributed by atoms with Gasteiger partial charge in [-0.25, -0.2) is 0 Å². The van der Waals surface area contributed by atoms with Crippen molar-refractivity contribution in [1.29, 1.82) is 0 Å². The molecule has 0 aromatic rings. The second-order valence-corrected chi connectivity index (χ2v) is 4.90. The van der Waals surface area contributed by atoms with E-state index >= 15 is 0 Å². The topological polar surface area (TPSA) is 126 Å². The van der Waals surface area contributed by atoms with E-state index in [1.807, 2.05) is 0 Å². The minimum absolute atomic E-state index is 3.24. The van der Waals surface area contributed by atoms with Gasteiger partial charge in [0.2, 0.25) is 0 Å². The van der Waals surface area contributed by atoms with Crippen molar-refractivity contribution >= 4 is 40.5 Å². The van der Waals surface area contributed by atoms with Crippen LogP contribution >= 0.6 is 0 Å². The molecule has 0 N–H and O–H groups in total. The van der Waals surface area contributed by atoms with Gasteiger partial charge in [0.05, 0.1) is 0 Å². The predicted octanol–water partition coefficient (Wildman–Crippen LogP) is -2.01. The summed E-state index contributed by atoms with van der Waals surface area (Å²) in [6, 6.07) is 0. The van der Waals surface area contributed by atoms with Crippen LogP contribution in [-0.4, -0.2) is 26.6 Å². The highest BCUT2D eigenvalue weighted by atomic mass is 32.9. The number of rotatable bonds is 0. The smallest absolute Gasteiger partial charge is 0.0484 e. The zero-order valence-corrected chi connectivity index (χ0v) is 7.35. The van der Waals surface area contributed by atoms with Crippen LogP contribution < -0.4 is 0 Å². The molecule has 0 saturated heterocycles. The van der Waals surface area contributed by atoms with Gasteiger partial charge in [-0.05, 0) is 22.4 Å². The van der Waals surface area contributed by atoms with Crippen LogP contribution in [0.2, 0.25) is 0 Å². The van der Waals surface area contributed by atoms with E-state index in [1.54, 1.807) is 0 Å². The molecule has 10 heteroatoms. The molecule has 0 aromatic carbocycles. The van der Waals surface area contributed by atoms with Crippen LogP contribution in [0.3, 0.4) is 0 Å². The molecule has 0 aliphatic rings. The van der Waals surface area contributed by atoms with Crippen LogP contribution in [0.25, 0.3) is 0 Å². The lowest BCUT2D eigenvalue weighted by molar-refractivity contribution is 0.414. The summed E-state index contributed by atoms with van der Waals surface area (Å²) in [6.07, 6.45) is 0. The van der Waals surface area contributed by atoms with Crippen molar-refractivity contribution in [3.8, 4) is 0 Å². The average molecular weight is 224 g/mol. The first-order valence-corrected chi connectivity index (χ1v) is 6.00. The molecule has 64 valence electrons. The number of hydrogen-bond acceptors (Lipinski definition) is 8. The highest BCUT2D eigenvalue weighted by molar-refractivity contribution is 8.26. The average Bonchev–Trinajstić information content (AvgIpc) is 1.12. The lowest BCUT2D eigenvalue weighted by Gasteiger charge is -2.12. The van der Waals surface area contributed by atoms with Crippen molar-refractivity contribution in [2.24, 2.45) is 0 Å². The summed E-state index contributed by atoms with van der Waals surface area (Å²) in [6.45, 7) is 0. The van der Waals surface area contributed by atoms with Gasteiger partial charge in [-0.3, -0.25) is 8.42 Å². The first-order chi connectivity index (χ1) is 4.00. The second-order valence-electron chi connectivity index (χ2n) is 0.816. The van der Waals surface area contributed by atoms with Gasteiger partial charge >= 0.3 is 0 Å². The van der Waals surface area contributed by atoms with E-state index in [1.165, 1.54) is 0 Å². The summed E-state index contributed by atoms with van der Waals surface area (Å²) >= 11 is 6.49. The molecule has 10 heavy (non-hydrogen) atoms. The molecule has 0 saturated carbocycles. The van der Waals surface area contributed by atoms with Crippen LogP contribution in [0, 0.1) is 0 Å². The molecule has 0 rings (SSSR count). The van der Waals surface area contributed by atoms with E-state index in [0.717, 1.165) is 0 Å². The Labute approximate surface area is 67.3 Å². The molecule has 0 bridgehead atoms. The molecule has 6 nitrogen and oxygen atoms in total. The Kier molecular flexibility index (Phi) is 5.88. The lowest BCUT2D eigenvalue weighted by Crippen LogP contribution is -1.88. The second kappa shape index (κ2) is 4.46. The molecule has 0 radical (unpaired) electrons. The van der Waals surface area contributed by atoms with Crippen molar-refractivity contribution in [3.63, 3.8) is 0 Å². The predicted molar refractivity (Wildman–Crippen MR) is 34.1 cm³/mol. The van der Waals surface area contributed by atoms with Crippen molar-refractivity contribution < 1.29 is 26.6 Å². The maximum absolute atomic E-state index is 8.89. The van der Waals surface area contributed by atoms with Crippen LogP contribution in [0.15, 0.2) is 0 Å². The number of hydrogen-bond donors (Lipinski definition) is 0. The van der Waals surface area contributed by atoms with Crippen molar-refractivity contribution in [3.05, 3.63) is 0 Å². The van der Waals surface area contributed by atoms with Gasteiger partial charge in [0.25, 0.3) is 0 Å². The van der Waals surface area contributed by atoms with E-state index in [2.05, 4.69) is 22.4 Å². The molecule has 0 heterocycles. The fraction of sp³-hybridized carbons (Fsp3) is 0. The lowest BCUT2D eigenvalue weighted by atomic mass is 15.8. The van der Waals surface area contributed by atoms with Gasteiger partial charge in [0.1, 0.15) is 0 Å². The van der Waals surface area contributed by atoms with Crippen molar-refractivity contribution in [1.82, 2.24) is 0 Å². The zero-order valence-electron chi connectivity index (χ0n) is 4.08. The Bertz CT molecular complexity index is 206. The molecule has 0 spiro atoms. The molecule has 0 atom stereocenters. The minimum Gasteiger partial charge on any atom is -0.780 e. The third-order valence-corrected chi connectivity index (χ3v) is 0. The molecule has 0 amide bonds. The third-order valence-electron chi connectivity index (χ3n) is 0. The fourth-order valence-electron chi connectivity index (χ4n) is 0. The van der Waals surface area contributed by atoms with E-state index in [4.69, 9.17) is 26.6 Å². The summed E-state index contributed by atoms with van der Waals surface area (Å²) in [5, 5.41) is 0. The van der Waals surface area contributed by atoms with Gasteiger partial charge in [-0.15, -0.1) is 18.1 Å². The Hall–Kier alpha value is 0.580. The van der Waals surface area contributed by atoms with E-state index in [0.29, 0.717) is 0 Å². The fourth-order valence-corrected chi connectivity index (χ4v) is 0. The highest BCUT2D eigenvalue weighted by Gasteiger charge is 1.44. The Morgan fingerprint density at radius 2 is 0.800 bits per heavy atom. The van der Waals surface area contributed by atoms with Gasteiger partial charge in [0, 0.05) is 0 Å². The van der Waals surface area contributed by atoms with Crippen molar-refractivity contribution in [2.45, 2.75) is 0 Å². The quantitative estimate of drug-likeness (QED) is 0.461. The Balaban J connectivity index is 0. The zero-order chi connectivity index (χ0) is 9.00. The summed E-state index contributed by atoms with van der Waals surface area (Å²) in [5.74, 6) is 0. The van der Waals surface area contributed by atoms with E-state index in [-0.39, 0.29) is 0 Å². The van der Waals surface area contributed by atoms with Gasteiger partial charge in [-0.1, -0.05) is 0 Å². The third kappa shape index (κ3) is 1470. The first kappa shape index (κ1) is 13.2. The molecule has 0 aliphatic heterocycles. The standard InChI is InChI=1S/2H2O3S2/c2*1-5(2,3)4/h2*(H2,1,2,3,4)/p-4. The SMILES string of the molecule is O=S([O-])([O-])=S.O=S([O-])([O-])=S. The van der Waals surface area contributed by atoms with Gasteiger partial charge in [-0.2, -0.15) is 0 Å². The largest absolute Gasteiger partial charge is 0.780 e. The van der Waals surface area contributed by atoms with Crippen molar-refractivity contribution in [2.75, 3.05) is 0 Å². The van der Waals surface area contributed by atoms with Gasteiger partial charge < -0.3 is 18.2 Å². The highest BCUT2D eigenvalue weighted by Crippen LogP contribution is 1.61. The maximum Gasteiger partial charge on any atom is -0.0484 e. The molecule has 0 fully saturated rings. The molecule has 0 aromatic heterocycles. The summed E-state index contributed by atoms with van der Waals surface area (Å²) in [5.41, 5.74) is 0. The maximum atomic E-state index is 8.89. The van der Waals surface area contributed by atoms with E-state index in [9.17, 15) is 0 Å². The molecular weight excluding hydrogens is 224 g/mol. The minimum atomic E-state index is -4.33. The molecule has 0 aliphatic carbocycles. The first-order valence-electron chi connectivity index (χ1n) is 1.33. The van der Waals surface area contributed by atoms with Crippen LogP contribution in [0.4, 0.5) is 0 Å². The van der Waals surface area contributed by atoms with Crippen LogP contribution in [0.1, 0.15) is 0 Å². The van der Waals surface area contributed by atoms with Crippen LogP contribution in [0.5, 0.6) is 0 Å².